The summed E-state index contributed by atoms with van der Waals surface area (Å²) in [5.41, 5.74) is 0.690. The Morgan fingerprint density at radius 1 is 1.53 bits per heavy atom. The van der Waals surface area contributed by atoms with Crippen molar-refractivity contribution < 1.29 is 13.9 Å². The molecule has 0 aliphatic carbocycles. The second kappa shape index (κ2) is 7.17. The van der Waals surface area contributed by atoms with Crippen molar-refractivity contribution in [3.63, 3.8) is 0 Å². The number of hydrogen-bond acceptors (Lipinski definition) is 4. The van der Waals surface area contributed by atoms with E-state index in [1.165, 1.54) is 19.2 Å². The number of halogens is 1. The molecular formula is C12H16FNO2S. The SMILES string of the molecule is COC(=O)c1cc(NCCCSC)ccc1F. The lowest BCUT2D eigenvalue weighted by atomic mass is 10.2. The lowest BCUT2D eigenvalue weighted by molar-refractivity contribution is 0.0595. The number of methoxy groups -OCH3 is 1. The van der Waals surface area contributed by atoms with Gasteiger partial charge in [-0.2, -0.15) is 11.8 Å². The summed E-state index contributed by atoms with van der Waals surface area (Å²) < 4.78 is 17.8. The first kappa shape index (κ1) is 13.8. The highest BCUT2D eigenvalue weighted by Gasteiger charge is 2.12. The van der Waals surface area contributed by atoms with Gasteiger partial charge < -0.3 is 10.1 Å². The number of rotatable bonds is 6. The van der Waals surface area contributed by atoms with Gasteiger partial charge in [-0.3, -0.25) is 0 Å². The Bertz CT molecular complexity index is 385. The zero-order chi connectivity index (χ0) is 12.7. The van der Waals surface area contributed by atoms with Gasteiger partial charge in [0.15, 0.2) is 0 Å². The Kier molecular flexibility index (Phi) is 5.83. The summed E-state index contributed by atoms with van der Waals surface area (Å²) in [7, 11) is 1.24. The summed E-state index contributed by atoms with van der Waals surface area (Å²) in [5, 5.41) is 3.14. The van der Waals surface area contributed by atoms with Gasteiger partial charge in [0.2, 0.25) is 0 Å². The second-order valence-corrected chi connectivity index (χ2v) is 4.44. The molecule has 1 rings (SSSR count). The predicted octanol–water partition coefficient (Wildman–Crippen LogP) is 2.78. The third-order valence-electron chi connectivity index (χ3n) is 2.23. The molecule has 17 heavy (non-hydrogen) atoms. The van der Waals surface area contributed by atoms with Crippen molar-refractivity contribution in [3.05, 3.63) is 29.6 Å². The van der Waals surface area contributed by atoms with Gasteiger partial charge in [0.05, 0.1) is 12.7 Å². The average molecular weight is 257 g/mol. The second-order valence-electron chi connectivity index (χ2n) is 3.46. The topological polar surface area (TPSA) is 38.3 Å². The van der Waals surface area contributed by atoms with Crippen molar-refractivity contribution in [2.45, 2.75) is 6.42 Å². The van der Waals surface area contributed by atoms with Gasteiger partial charge in [0.25, 0.3) is 0 Å². The molecule has 3 nitrogen and oxygen atoms in total. The molecule has 94 valence electrons. The van der Waals surface area contributed by atoms with Crippen LogP contribution in [0.1, 0.15) is 16.8 Å². The lowest BCUT2D eigenvalue weighted by Crippen LogP contribution is -2.07. The van der Waals surface area contributed by atoms with E-state index in [0.717, 1.165) is 24.4 Å². The van der Waals surface area contributed by atoms with Crippen LogP contribution in [0.3, 0.4) is 0 Å². The maximum absolute atomic E-state index is 13.3. The van der Waals surface area contributed by atoms with E-state index in [9.17, 15) is 9.18 Å². The maximum atomic E-state index is 13.3. The Morgan fingerprint density at radius 3 is 2.94 bits per heavy atom. The van der Waals surface area contributed by atoms with Crippen LogP contribution in [0.5, 0.6) is 0 Å². The molecule has 0 saturated carbocycles. The Hall–Kier alpha value is -1.23. The van der Waals surface area contributed by atoms with E-state index in [1.54, 1.807) is 17.8 Å². The molecule has 1 aromatic rings. The fraction of sp³-hybridized carbons (Fsp3) is 0.417. The fourth-order valence-electron chi connectivity index (χ4n) is 1.35. The van der Waals surface area contributed by atoms with Crippen molar-refractivity contribution >= 4 is 23.4 Å². The first-order chi connectivity index (χ1) is 8.19. The van der Waals surface area contributed by atoms with Crippen molar-refractivity contribution in [2.24, 2.45) is 0 Å². The highest BCUT2D eigenvalue weighted by Crippen LogP contribution is 2.15. The van der Waals surface area contributed by atoms with Gasteiger partial charge in [0, 0.05) is 12.2 Å². The van der Waals surface area contributed by atoms with E-state index in [0.29, 0.717) is 0 Å². The summed E-state index contributed by atoms with van der Waals surface area (Å²) >= 11 is 1.78. The van der Waals surface area contributed by atoms with Crippen molar-refractivity contribution in [3.8, 4) is 0 Å². The molecule has 0 aliphatic heterocycles. The van der Waals surface area contributed by atoms with E-state index in [4.69, 9.17) is 0 Å². The Balaban J connectivity index is 2.65. The van der Waals surface area contributed by atoms with E-state index in [-0.39, 0.29) is 5.56 Å². The van der Waals surface area contributed by atoms with Crippen LogP contribution < -0.4 is 5.32 Å². The highest BCUT2D eigenvalue weighted by atomic mass is 32.2. The molecule has 0 bridgehead atoms. The molecule has 0 spiro atoms. The third-order valence-corrected chi connectivity index (χ3v) is 2.92. The summed E-state index contributed by atoms with van der Waals surface area (Å²) in [6.07, 6.45) is 3.07. The zero-order valence-corrected chi connectivity index (χ0v) is 10.8. The number of carbonyl (C=O) groups is 1. The fourth-order valence-corrected chi connectivity index (χ4v) is 1.78. The van der Waals surface area contributed by atoms with Crippen molar-refractivity contribution in [1.82, 2.24) is 0 Å². The van der Waals surface area contributed by atoms with Gasteiger partial charge in [-0.1, -0.05) is 0 Å². The minimum atomic E-state index is -0.657. The first-order valence-electron chi connectivity index (χ1n) is 5.29. The van der Waals surface area contributed by atoms with Gasteiger partial charge in [-0.05, 0) is 36.6 Å². The number of carbonyl (C=O) groups excluding carboxylic acids is 1. The molecular weight excluding hydrogens is 241 g/mol. The van der Waals surface area contributed by atoms with E-state index >= 15 is 0 Å². The van der Waals surface area contributed by atoms with Crippen LogP contribution in [-0.2, 0) is 4.74 Å². The van der Waals surface area contributed by atoms with Crippen LogP contribution in [0, 0.1) is 5.82 Å². The van der Waals surface area contributed by atoms with E-state index in [1.807, 2.05) is 6.26 Å². The average Bonchev–Trinajstić information content (AvgIpc) is 2.35. The summed E-state index contributed by atoms with van der Waals surface area (Å²) in [6, 6.07) is 4.35. The van der Waals surface area contributed by atoms with Crippen LogP contribution in [0.25, 0.3) is 0 Å². The summed E-state index contributed by atoms with van der Waals surface area (Å²) in [4.78, 5) is 11.3. The van der Waals surface area contributed by atoms with Crippen LogP contribution in [0.15, 0.2) is 18.2 Å². The van der Waals surface area contributed by atoms with Gasteiger partial charge in [-0.15, -0.1) is 0 Å². The maximum Gasteiger partial charge on any atom is 0.340 e. The van der Waals surface area contributed by atoms with Crippen LogP contribution in [0.4, 0.5) is 10.1 Å². The van der Waals surface area contributed by atoms with E-state index in [2.05, 4.69) is 10.1 Å². The predicted molar refractivity (Wildman–Crippen MR) is 69.2 cm³/mol. The quantitative estimate of drug-likeness (QED) is 0.628. The van der Waals surface area contributed by atoms with Crippen LogP contribution in [0.2, 0.25) is 0 Å². The molecule has 1 N–H and O–H groups in total. The third kappa shape index (κ3) is 4.26. The zero-order valence-electron chi connectivity index (χ0n) is 9.96. The Labute approximate surface area is 105 Å². The smallest absolute Gasteiger partial charge is 0.340 e. The molecule has 0 fully saturated rings. The molecule has 0 unspecified atom stereocenters. The number of ether oxygens (including phenoxy) is 1. The number of benzene rings is 1. The monoisotopic (exact) mass is 257 g/mol. The molecule has 0 amide bonds. The molecule has 0 radical (unpaired) electrons. The Morgan fingerprint density at radius 2 is 2.29 bits per heavy atom. The van der Waals surface area contributed by atoms with Crippen LogP contribution >= 0.6 is 11.8 Å². The van der Waals surface area contributed by atoms with Crippen LogP contribution in [-0.4, -0.2) is 31.6 Å². The summed E-state index contributed by atoms with van der Waals surface area (Å²) in [5.74, 6) is -0.153. The molecule has 0 atom stereocenters. The molecule has 5 heteroatoms. The normalized spacial score (nSPS) is 10.1. The number of thioether (sulfide) groups is 1. The molecule has 0 saturated heterocycles. The summed E-state index contributed by atoms with van der Waals surface area (Å²) in [6.45, 7) is 0.799. The number of hydrogen-bond donors (Lipinski definition) is 1. The van der Waals surface area contributed by atoms with Gasteiger partial charge >= 0.3 is 5.97 Å². The van der Waals surface area contributed by atoms with Gasteiger partial charge in [-0.25, -0.2) is 9.18 Å². The molecule has 1 aromatic carbocycles. The minimum Gasteiger partial charge on any atom is -0.465 e. The van der Waals surface area contributed by atoms with Crippen molar-refractivity contribution in [2.75, 3.05) is 31.0 Å². The van der Waals surface area contributed by atoms with Gasteiger partial charge in [0.1, 0.15) is 5.82 Å². The number of nitrogens with one attached hydrogen (secondary N) is 1. The van der Waals surface area contributed by atoms with Crippen molar-refractivity contribution in [1.29, 1.82) is 0 Å². The standard InChI is InChI=1S/C12H16FNO2S/c1-16-12(15)10-8-9(4-5-11(10)13)14-6-3-7-17-2/h4-5,8,14H,3,6-7H2,1-2H3. The largest absolute Gasteiger partial charge is 0.465 e. The first-order valence-corrected chi connectivity index (χ1v) is 6.69. The molecule has 0 heterocycles. The minimum absolute atomic E-state index is 0.0395. The molecule has 0 aromatic heterocycles. The molecule has 0 aliphatic rings. The number of esters is 1. The highest BCUT2D eigenvalue weighted by molar-refractivity contribution is 7.98. The number of anilines is 1. The lowest BCUT2D eigenvalue weighted by Gasteiger charge is -2.08. The van der Waals surface area contributed by atoms with E-state index < -0.39 is 11.8 Å².